The molecular formula is C20H32FIN4O2. The fourth-order valence-corrected chi connectivity index (χ4v) is 2.52. The molecule has 28 heavy (non-hydrogen) atoms. The number of likely N-dealkylation sites (N-methyl/N-ethyl adjacent to an activating group) is 1. The highest BCUT2D eigenvalue weighted by molar-refractivity contribution is 14.0. The zero-order chi connectivity index (χ0) is 19.5. The molecule has 1 fully saturated rings. The predicted octanol–water partition coefficient (Wildman–Crippen LogP) is 2.43. The highest BCUT2D eigenvalue weighted by atomic mass is 127. The Morgan fingerprint density at radius 3 is 2.64 bits per heavy atom. The average molecular weight is 506 g/mol. The second-order valence-electron chi connectivity index (χ2n) is 6.83. The van der Waals surface area contributed by atoms with Crippen molar-refractivity contribution in [1.82, 2.24) is 15.5 Å². The molecule has 0 heterocycles. The second kappa shape index (κ2) is 13.7. The molecular weight excluding hydrogens is 474 g/mol. The lowest BCUT2D eigenvalue weighted by Gasteiger charge is -2.22. The molecule has 1 aromatic carbocycles. The Labute approximate surface area is 184 Å². The summed E-state index contributed by atoms with van der Waals surface area (Å²) in [5.41, 5.74) is 0.789. The third-order valence-corrected chi connectivity index (χ3v) is 4.29. The maximum atomic E-state index is 12.9. The van der Waals surface area contributed by atoms with Crippen molar-refractivity contribution in [3.8, 4) is 0 Å². The summed E-state index contributed by atoms with van der Waals surface area (Å²) in [7, 11) is 1.98. The van der Waals surface area contributed by atoms with Crippen molar-refractivity contribution in [2.45, 2.75) is 26.2 Å². The van der Waals surface area contributed by atoms with Crippen LogP contribution in [0.4, 0.5) is 4.39 Å². The van der Waals surface area contributed by atoms with Gasteiger partial charge >= 0.3 is 0 Å². The number of guanidine groups is 1. The summed E-state index contributed by atoms with van der Waals surface area (Å²) in [5.74, 6) is 1.19. The van der Waals surface area contributed by atoms with E-state index in [0.29, 0.717) is 19.7 Å². The highest BCUT2D eigenvalue weighted by Gasteiger charge is 2.21. The molecule has 0 atom stereocenters. The van der Waals surface area contributed by atoms with E-state index in [4.69, 9.17) is 4.74 Å². The number of aliphatic imine (C=N–C) groups is 1. The fraction of sp³-hybridized carbons (Fsp3) is 0.600. The van der Waals surface area contributed by atoms with Crippen molar-refractivity contribution in [3.05, 3.63) is 35.6 Å². The summed E-state index contributed by atoms with van der Waals surface area (Å²) in [6, 6.07) is 5.97. The maximum Gasteiger partial charge on any atom is 0.224 e. The summed E-state index contributed by atoms with van der Waals surface area (Å²) < 4.78 is 18.6. The van der Waals surface area contributed by atoms with Crippen LogP contribution in [0.1, 0.15) is 25.3 Å². The van der Waals surface area contributed by atoms with Gasteiger partial charge in [0.25, 0.3) is 0 Å². The third kappa shape index (κ3) is 10.2. The molecule has 6 nitrogen and oxygen atoms in total. The van der Waals surface area contributed by atoms with Crippen LogP contribution in [0.25, 0.3) is 0 Å². The van der Waals surface area contributed by atoms with Crippen LogP contribution in [0.15, 0.2) is 29.3 Å². The Balaban J connectivity index is 0.00000392. The van der Waals surface area contributed by atoms with Gasteiger partial charge in [0.05, 0.1) is 19.6 Å². The number of nitrogens with one attached hydrogen (secondary N) is 2. The second-order valence-corrected chi connectivity index (χ2v) is 6.83. The van der Waals surface area contributed by atoms with E-state index >= 15 is 0 Å². The summed E-state index contributed by atoms with van der Waals surface area (Å²) in [6.45, 7) is 6.08. The van der Waals surface area contributed by atoms with Gasteiger partial charge in [0.2, 0.25) is 5.91 Å². The molecule has 1 aromatic rings. The third-order valence-electron chi connectivity index (χ3n) is 4.29. The number of hydrogen-bond acceptors (Lipinski definition) is 3. The Morgan fingerprint density at radius 1 is 1.29 bits per heavy atom. The van der Waals surface area contributed by atoms with Crippen LogP contribution in [0, 0.1) is 11.7 Å². The van der Waals surface area contributed by atoms with E-state index in [1.54, 1.807) is 12.1 Å². The van der Waals surface area contributed by atoms with Gasteiger partial charge in [-0.25, -0.2) is 4.39 Å². The van der Waals surface area contributed by atoms with Crippen molar-refractivity contribution >= 4 is 35.8 Å². The molecule has 8 heteroatoms. The van der Waals surface area contributed by atoms with Crippen LogP contribution in [-0.2, 0) is 16.0 Å². The number of nitrogens with zero attached hydrogens (tertiary/aromatic N) is 2. The molecule has 0 spiro atoms. The van der Waals surface area contributed by atoms with Crippen molar-refractivity contribution in [1.29, 1.82) is 0 Å². The van der Waals surface area contributed by atoms with E-state index in [1.165, 1.54) is 25.0 Å². The van der Waals surface area contributed by atoms with Gasteiger partial charge in [-0.05, 0) is 43.4 Å². The van der Waals surface area contributed by atoms with Crippen molar-refractivity contribution in [2.24, 2.45) is 10.9 Å². The van der Waals surface area contributed by atoms with Crippen LogP contribution < -0.4 is 10.6 Å². The SMILES string of the molecule is CCNC(=NCCNC(=O)Cc1ccc(F)cc1)N(C)CCOCC1CC1.I. The number of benzene rings is 1. The van der Waals surface area contributed by atoms with Gasteiger partial charge in [0.1, 0.15) is 5.82 Å². The van der Waals surface area contributed by atoms with E-state index in [0.717, 1.165) is 37.1 Å². The Morgan fingerprint density at radius 2 is 2.00 bits per heavy atom. The minimum absolute atomic E-state index is 0. The van der Waals surface area contributed by atoms with Gasteiger partial charge in [-0.3, -0.25) is 9.79 Å². The molecule has 1 aliphatic rings. The summed E-state index contributed by atoms with van der Waals surface area (Å²) in [4.78, 5) is 18.5. The molecule has 0 radical (unpaired) electrons. The summed E-state index contributed by atoms with van der Waals surface area (Å²) >= 11 is 0. The zero-order valence-corrected chi connectivity index (χ0v) is 19.1. The number of rotatable bonds is 11. The number of hydrogen-bond donors (Lipinski definition) is 2. The highest BCUT2D eigenvalue weighted by Crippen LogP contribution is 2.28. The molecule has 0 unspecified atom stereocenters. The number of ether oxygens (including phenoxy) is 1. The van der Waals surface area contributed by atoms with E-state index in [2.05, 4.69) is 15.6 Å². The van der Waals surface area contributed by atoms with E-state index < -0.39 is 0 Å². The molecule has 1 saturated carbocycles. The van der Waals surface area contributed by atoms with E-state index in [9.17, 15) is 9.18 Å². The van der Waals surface area contributed by atoms with Gasteiger partial charge < -0.3 is 20.3 Å². The number of amides is 1. The molecule has 158 valence electrons. The molecule has 0 aliphatic heterocycles. The molecule has 1 aliphatic carbocycles. The number of carbonyl (C=O) groups excluding carboxylic acids is 1. The number of carbonyl (C=O) groups is 1. The van der Waals surface area contributed by atoms with E-state index in [-0.39, 0.29) is 42.1 Å². The predicted molar refractivity (Wildman–Crippen MR) is 121 cm³/mol. The van der Waals surface area contributed by atoms with Crippen LogP contribution in [0.5, 0.6) is 0 Å². The molecule has 1 amide bonds. The van der Waals surface area contributed by atoms with Crippen LogP contribution in [-0.4, -0.2) is 63.2 Å². The monoisotopic (exact) mass is 506 g/mol. The first-order chi connectivity index (χ1) is 13.1. The van der Waals surface area contributed by atoms with Gasteiger partial charge in [-0.1, -0.05) is 12.1 Å². The summed E-state index contributed by atoms with van der Waals surface area (Å²) in [5, 5.41) is 6.09. The quantitative estimate of drug-likeness (QED) is 0.210. The van der Waals surface area contributed by atoms with Gasteiger partial charge in [-0.15, -0.1) is 24.0 Å². The Kier molecular flexibility index (Phi) is 12.1. The van der Waals surface area contributed by atoms with Crippen LogP contribution in [0.2, 0.25) is 0 Å². The van der Waals surface area contributed by atoms with Crippen molar-refractivity contribution < 1.29 is 13.9 Å². The largest absolute Gasteiger partial charge is 0.379 e. The Hall–Kier alpha value is -1.42. The van der Waals surface area contributed by atoms with Crippen LogP contribution >= 0.6 is 24.0 Å². The average Bonchev–Trinajstić information content (AvgIpc) is 3.47. The maximum absolute atomic E-state index is 12.9. The first-order valence-corrected chi connectivity index (χ1v) is 9.66. The fourth-order valence-electron chi connectivity index (χ4n) is 2.52. The molecule has 2 N–H and O–H groups in total. The van der Waals surface area contributed by atoms with Crippen molar-refractivity contribution in [2.75, 3.05) is 46.4 Å². The van der Waals surface area contributed by atoms with Gasteiger partial charge in [0.15, 0.2) is 5.96 Å². The lowest BCUT2D eigenvalue weighted by Crippen LogP contribution is -2.41. The smallest absolute Gasteiger partial charge is 0.224 e. The zero-order valence-electron chi connectivity index (χ0n) is 16.7. The standard InChI is InChI=1S/C20H31FN4O2.HI/c1-3-22-20(25(2)12-13-27-15-17-4-5-17)24-11-10-23-19(26)14-16-6-8-18(21)9-7-16;/h6-9,17H,3-5,10-15H2,1-2H3,(H,22,24)(H,23,26);1H. The van der Waals surface area contributed by atoms with Gasteiger partial charge in [-0.2, -0.15) is 0 Å². The van der Waals surface area contributed by atoms with Crippen molar-refractivity contribution in [3.63, 3.8) is 0 Å². The van der Waals surface area contributed by atoms with Gasteiger partial charge in [0, 0.05) is 33.3 Å². The topological polar surface area (TPSA) is 66.0 Å². The summed E-state index contributed by atoms with van der Waals surface area (Å²) in [6.07, 6.45) is 2.84. The molecule has 2 rings (SSSR count). The molecule has 0 saturated heterocycles. The number of halogens is 2. The normalized spacial score (nSPS) is 13.6. The molecule has 0 bridgehead atoms. The van der Waals surface area contributed by atoms with Crippen LogP contribution in [0.3, 0.4) is 0 Å². The Bertz CT molecular complexity index is 609. The first kappa shape index (κ1) is 24.6. The first-order valence-electron chi connectivity index (χ1n) is 9.66. The minimum Gasteiger partial charge on any atom is -0.379 e. The lowest BCUT2D eigenvalue weighted by atomic mass is 10.1. The minimum atomic E-state index is -0.300. The van der Waals surface area contributed by atoms with E-state index in [1.807, 2.05) is 18.9 Å². The lowest BCUT2D eigenvalue weighted by molar-refractivity contribution is -0.120. The molecule has 0 aromatic heterocycles.